The maximum absolute atomic E-state index is 12.8. The van der Waals surface area contributed by atoms with Crippen LogP contribution >= 0.6 is 24.0 Å². The molecule has 0 bridgehead atoms. The normalized spacial score (nSPS) is 18.8. The molecule has 0 atom stereocenters. The zero-order valence-corrected chi connectivity index (χ0v) is 17.9. The van der Waals surface area contributed by atoms with E-state index in [0.29, 0.717) is 45.9 Å². The van der Waals surface area contributed by atoms with E-state index in [0.717, 1.165) is 25.2 Å². The van der Waals surface area contributed by atoms with Gasteiger partial charge >= 0.3 is 0 Å². The topological polar surface area (TPSA) is 91.8 Å². The molecule has 30 heavy (non-hydrogen) atoms. The van der Waals surface area contributed by atoms with E-state index in [1.54, 1.807) is 12.1 Å². The summed E-state index contributed by atoms with van der Waals surface area (Å²) >= 11 is 6.21. The van der Waals surface area contributed by atoms with Crippen LogP contribution < -0.4 is 11.1 Å². The first kappa shape index (κ1) is 20.8. The van der Waals surface area contributed by atoms with Crippen LogP contribution in [0, 0.1) is 0 Å². The van der Waals surface area contributed by atoms with E-state index in [9.17, 15) is 9.59 Å². The summed E-state index contributed by atoms with van der Waals surface area (Å²) in [7, 11) is 0. The molecular weight excluding hydrogens is 420 g/mol. The minimum absolute atomic E-state index is 0.0408. The number of carbonyl (C=O) groups is 2. The van der Waals surface area contributed by atoms with E-state index in [-0.39, 0.29) is 11.8 Å². The number of thiocarbonyl (C=S) groups is 1. The molecule has 156 valence electrons. The van der Waals surface area contributed by atoms with Crippen molar-refractivity contribution in [2.24, 2.45) is 5.73 Å². The largest absolute Gasteiger partial charge is 0.457 e. The monoisotopic (exact) mass is 442 g/mol. The van der Waals surface area contributed by atoms with Crippen LogP contribution in [0.4, 0.5) is 0 Å². The Kier molecular flexibility index (Phi) is 6.33. The third-order valence-electron chi connectivity index (χ3n) is 5.06. The number of furan rings is 1. The van der Waals surface area contributed by atoms with Crippen molar-refractivity contribution in [1.29, 1.82) is 0 Å². The standard InChI is InChI=1S/C21H22N4O3S2/c22-7-8-24-9-11-25(12-10-24)20(27)15-3-1-14(2-4-15)17-6-5-16(28-17)13-18-19(26)23-21(29)30-18/h1-6,13H,7-12,22H2,(H,23,26,29). The van der Waals surface area contributed by atoms with Crippen LogP contribution in [0.15, 0.2) is 45.7 Å². The van der Waals surface area contributed by atoms with E-state index in [2.05, 4.69) is 10.2 Å². The number of nitrogens with two attached hydrogens (primary N) is 1. The summed E-state index contributed by atoms with van der Waals surface area (Å²) in [5, 5.41) is 2.58. The van der Waals surface area contributed by atoms with Crippen LogP contribution in [0.2, 0.25) is 0 Å². The molecule has 0 unspecified atom stereocenters. The first-order chi connectivity index (χ1) is 14.5. The van der Waals surface area contributed by atoms with Crippen molar-refractivity contribution in [2.45, 2.75) is 0 Å². The molecule has 3 N–H and O–H groups in total. The van der Waals surface area contributed by atoms with Crippen LogP contribution in [0.5, 0.6) is 0 Å². The van der Waals surface area contributed by atoms with Gasteiger partial charge in [-0.3, -0.25) is 14.5 Å². The smallest absolute Gasteiger partial charge is 0.263 e. The molecule has 0 radical (unpaired) electrons. The van der Waals surface area contributed by atoms with E-state index in [1.807, 2.05) is 35.2 Å². The van der Waals surface area contributed by atoms with Crippen LogP contribution in [-0.4, -0.2) is 65.2 Å². The zero-order chi connectivity index (χ0) is 21.1. The summed E-state index contributed by atoms with van der Waals surface area (Å²) in [6, 6.07) is 11.0. The van der Waals surface area contributed by atoms with Crippen LogP contribution in [0.3, 0.4) is 0 Å². The number of carbonyl (C=O) groups excluding carboxylic acids is 2. The van der Waals surface area contributed by atoms with Crippen LogP contribution in [0.1, 0.15) is 16.1 Å². The number of piperazine rings is 1. The fourth-order valence-electron chi connectivity index (χ4n) is 3.45. The van der Waals surface area contributed by atoms with E-state index in [1.165, 1.54) is 11.8 Å². The van der Waals surface area contributed by atoms with Gasteiger partial charge in [-0.25, -0.2) is 0 Å². The van der Waals surface area contributed by atoms with E-state index < -0.39 is 0 Å². The number of thioether (sulfide) groups is 1. The number of rotatable bonds is 5. The lowest BCUT2D eigenvalue weighted by Gasteiger charge is -2.34. The number of benzene rings is 1. The molecule has 0 spiro atoms. The lowest BCUT2D eigenvalue weighted by atomic mass is 10.1. The Morgan fingerprint density at radius 3 is 2.53 bits per heavy atom. The fourth-order valence-corrected chi connectivity index (χ4v) is 4.48. The van der Waals surface area contributed by atoms with Gasteiger partial charge in [-0.2, -0.15) is 0 Å². The van der Waals surface area contributed by atoms with Gasteiger partial charge in [-0.15, -0.1) is 0 Å². The summed E-state index contributed by atoms with van der Waals surface area (Å²) in [4.78, 5) is 29.2. The number of nitrogens with zero attached hydrogens (tertiary/aromatic N) is 2. The molecule has 2 amide bonds. The zero-order valence-electron chi connectivity index (χ0n) is 16.3. The van der Waals surface area contributed by atoms with Gasteiger partial charge < -0.3 is 20.4 Å². The molecule has 2 fully saturated rings. The molecule has 2 aliphatic rings. The Morgan fingerprint density at radius 2 is 1.90 bits per heavy atom. The molecule has 2 aromatic rings. The second-order valence-corrected chi connectivity index (χ2v) is 8.77. The molecule has 7 nitrogen and oxygen atoms in total. The maximum Gasteiger partial charge on any atom is 0.263 e. The Balaban J connectivity index is 1.41. The second kappa shape index (κ2) is 9.13. The molecule has 3 heterocycles. The first-order valence-corrected chi connectivity index (χ1v) is 10.9. The molecule has 1 aromatic heterocycles. The predicted octanol–water partition coefficient (Wildman–Crippen LogP) is 2.15. The first-order valence-electron chi connectivity index (χ1n) is 9.70. The van der Waals surface area contributed by atoms with Gasteiger partial charge in [0.05, 0.1) is 4.91 Å². The highest BCUT2D eigenvalue weighted by molar-refractivity contribution is 8.26. The van der Waals surface area contributed by atoms with Crippen molar-refractivity contribution >= 4 is 46.2 Å². The summed E-state index contributed by atoms with van der Waals surface area (Å²) in [5.41, 5.74) is 7.13. The quantitative estimate of drug-likeness (QED) is 0.542. The van der Waals surface area contributed by atoms with Gasteiger partial charge in [0.1, 0.15) is 15.8 Å². The minimum atomic E-state index is -0.213. The highest BCUT2D eigenvalue weighted by atomic mass is 32.2. The maximum atomic E-state index is 12.8. The van der Waals surface area contributed by atoms with Crippen molar-refractivity contribution in [3.63, 3.8) is 0 Å². The van der Waals surface area contributed by atoms with Crippen molar-refractivity contribution in [3.8, 4) is 11.3 Å². The molecule has 9 heteroatoms. The minimum Gasteiger partial charge on any atom is -0.457 e. The van der Waals surface area contributed by atoms with Gasteiger partial charge in [0.15, 0.2) is 0 Å². The second-order valence-electron chi connectivity index (χ2n) is 7.05. The molecule has 1 aromatic carbocycles. The van der Waals surface area contributed by atoms with Crippen molar-refractivity contribution < 1.29 is 14.0 Å². The lowest BCUT2D eigenvalue weighted by Crippen LogP contribution is -2.49. The van der Waals surface area contributed by atoms with E-state index in [4.69, 9.17) is 22.4 Å². The van der Waals surface area contributed by atoms with Gasteiger partial charge in [0.25, 0.3) is 11.8 Å². The third kappa shape index (κ3) is 4.65. The Bertz CT molecular complexity index is 992. The molecule has 0 aliphatic carbocycles. The highest BCUT2D eigenvalue weighted by Crippen LogP contribution is 2.29. The van der Waals surface area contributed by atoms with Gasteiger partial charge in [-0.05, 0) is 24.3 Å². The van der Waals surface area contributed by atoms with Crippen molar-refractivity contribution in [2.75, 3.05) is 39.3 Å². The van der Waals surface area contributed by atoms with Crippen LogP contribution in [-0.2, 0) is 4.79 Å². The van der Waals surface area contributed by atoms with Crippen LogP contribution in [0.25, 0.3) is 17.4 Å². The summed E-state index contributed by atoms with van der Waals surface area (Å²) in [6.45, 7) is 4.65. The third-order valence-corrected chi connectivity index (χ3v) is 6.23. The molecule has 4 rings (SSSR count). The Hall–Kier alpha value is -2.46. The fraction of sp³-hybridized carbons (Fsp3) is 0.286. The molecular formula is C21H22N4O3S2. The molecule has 2 saturated heterocycles. The predicted molar refractivity (Wildman–Crippen MR) is 122 cm³/mol. The number of hydrogen-bond acceptors (Lipinski definition) is 7. The average Bonchev–Trinajstić information content (AvgIpc) is 3.34. The number of amides is 2. The van der Waals surface area contributed by atoms with Gasteiger partial charge in [-0.1, -0.05) is 36.1 Å². The van der Waals surface area contributed by atoms with Crippen molar-refractivity contribution in [1.82, 2.24) is 15.1 Å². The van der Waals surface area contributed by atoms with E-state index >= 15 is 0 Å². The summed E-state index contributed by atoms with van der Waals surface area (Å²) in [5.74, 6) is 1.07. The van der Waals surface area contributed by atoms with Gasteiger partial charge in [0, 0.05) is 56.5 Å². The molecule has 2 aliphatic heterocycles. The summed E-state index contributed by atoms with van der Waals surface area (Å²) in [6.07, 6.45) is 1.67. The summed E-state index contributed by atoms with van der Waals surface area (Å²) < 4.78 is 6.29. The van der Waals surface area contributed by atoms with Crippen molar-refractivity contribution in [3.05, 3.63) is 52.6 Å². The number of nitrogens with one attached hydrogen (secondary N) is 1. The van der Waals surface area contributed by atoms with Gasteiger partial charge in [0.2, 0.25) is 0 Å². The number of hydrogen-bond donors (Lipinski definition) is 2. The SMILES string of the molecule is NCCN1CCN(C(=O)c2ccc(-c3ccc(C=C4SC(=S)NC4=O)o3)cc2)CC1. The highest BCUT2D eigenvalue weighted by Gasteiger charge is 2.23. The Morgan fingerprint density at radius 1 is 1.17 bits per heavy atom. The molecule has 0 saturated carbocycles. The average molecular weight is 443 g/mol. The lowest BCUT2D eigenvalue weighted by molar-refractivity contribution is -0.115. The Labute approximate surface area is 184 Å².